The molecule has 2 fully saturated rings. The first-order valence-corrected chi connectivity index (χ1v) is 10.7. The molecule has 5 rings (SSSR count). The zero-order valence-corrected chi connectivity index (χ0v) is 17.4. The third-order valence-corrected chi connectivity index (χ3v) is 7.52. The van der Waals surface area contributed by atoms with Crippen molar-refractivity contribution in [2.45, 2.75) is 57.0 Å². The van der Waals surface area contributed by atoms with Gasteiger partial charge in [-0.1, -0.05) is 55.5 Å². The van der Waals surface area contributed by atoms with Crippen molar-refractivity contribution in [3.8, 4) is 11.1 Å². The molecular weight excluding hydrogens is 378 g/mol. The van der Waals surface area contributed by atoms with E-state index in [4.69, 9.17) is 4.74 Å². The summed E-state index contributed by atoms with van der Waals surface area (Å²) in [6, 6.07) is 16.4. The van der Waals surface area contributed by atoms with Crippen LogP contribution in [-0.2, 0) is 9.53 Å². The molecule has 3 aliphatic rings. The van der Waals surface area contributed by atoms with Crippen LogP contribution in [-0.4, -0.2) is 40.3 Å². The maximum Gasteiger partial charge on any atom is 0.411 e. The fourth-order valence-corrected chi connectivity index (χ4v) is 5.02. The van der Waals surface area contributed by atoms with Crippen LogP contribution in [0, 0.1) is 5.41 Å². The zero-order chi connectivity index (χ0) is 21.1. The second kappa shape index (κ2) is 6.59. The number of hydrogen-bond donors (Lipinski definition) is 1. The van der Waals surface area contributed by atoms with Crippen LogP contribution in [0.5, 0.6) is 0 Å². The summed E-state index contributed by atoms with van der Waals surface area (Å²) in [4.78, 5) is 27.1. The van der Waals surface area contributed by atoms with Gasteiger partial charge in [0.25, 0.3) is 0 Å². The van der Waals surface area contributed by atoms with Crippen LogP contribution in [0.1, 0.15) is 56.6 Å². The maximum atomic E-state index is 13.3. The molecule has 156 valence electrons. The standard InChI is InChI=1S/C25H27NO4/c1-24(13-14-24)25(2,22(27)28)26(16-11-12-16)23(29)30-15-21-19-9-5-3-7-17(19)18-8-4-6-10-20(18)21/h3-10,16,21H,11-15H2,1-2H3,(H,27,28). The predicted molar refractivity (Wildman–Crippen MR) is 113 cm³/mol. The van der Waals surface area contributed by atoms with Crippen molar-refractivity contribution in [3.63, 3.8) is 0 Å². The third kappa shape index (κ3) is 2.75. The van der Waals surface area contributed by atoms with E-state index in [1.54, 1.807) is 6.92 Å². The fraction of sp³-hybridized carbons (Fsp3) is 0.440. The van der Waals surface area contributed by atoms with Gasteiger partial charge in [0.15, 0.2) is 0 Å². The number of nitrogens with zero attached hydrogens (tertiary/aromatic N) is 1. The molecule has 0 spiro atoms. The van der Waals surface area contributed by atoms with Crippen LogP contribution in [0.15, 0.2) is 48.5 Å². The van der Waals surface area contributed by atoms with Crippen molar-refractivity contribution in [2.75, 3.05) is 6.61 Å². The van der Waals surface area contributed by atoms with E-state index in [1.807, 2.05) is 31.2 Å². The highest BCUT2D eigenvalue weighted by atomic mass is 16.6. The Morgan fingerprint density at radius 2 is 1.60 bits per heavy atom. The lowest BCUT2D eigenvalue weighted by Gasteiger charge is -2.42. The molecule has 30 heavy (non-hydrogen) atoms. The lowest BCUT2D eigenvalue weighted by Crippen LogP contribution is -2.61. The Hall–Kier alpha value is -2.82. The molecule has 5 heteroatoms. The molecule has 0 bridgehead atoms. The molecular formula is C25H27NO4. The molecule has 2 aromatic carbocycles. The third-order valence-electron chi connectivity index (χ3n) is 7.52. The number of carbonyl (C=O) groups is 2. The molecule has 0 aliphatic heterocycles. The smallest absolute Gasteiger partial charge is 0.411 e. The monoisotopic (exact) mass is 405 g/mol. The van der Waals surface area contributed by atoms with Crippen molar-refractivity contribution < 1.29 is 19.4 Å². The van der Waals surface area contributed by atoms with Crippen LogP contribution in [0.25, 0.3) is 11.1 Å². The molecule has 2 saturated carbocycles. The van der Waals surface area contributed by atoms with Gasteiger partial charge >= 0.3 is 12.1 Å². The SMILES string of the molecule is CC1(C(C)(C(=O)O)N(C(=O)OCC2c3ccccc3-c3ccccc32)C2CC2)CC1. The minimum atomic E-state index is -1.24. The molecule has 0 radical (unpaired) electrons. The molecule has 0 heterocycles. The van der Waals surface area contributed by atoms with Gasteiger partial charge in [-0.25, -0.2) is 9.59 Å². The second-order valence-electron chi connectivity index (χ2n) is 9.34. The normalized spacial score (nSPS) is 20.6. The summed E-state index contributed by atoms with van der Waals surface area (Å²) in [6.45, 7) is 3.87. The van der Waals surface area contributed by atoms with Gasteiger partial charge in [0.1, 0.15) is 12.1 Å². The Labute approximate surface area is 176 Å². The lowest BCUT2D eigenvalue weighted by atomic mass is 9.82. The summed E-state index contributed by atoms with van der Waals surface area (Å²) < 4.78 is 5.85. The quantitative estimate of drug-likeness (QED) is 0.731. The van der Waals surface area contributed by atoms with Gasteiger partial charge in [0, 0.05) is 17.4 Å². The molecule has 1 amide bonds. The molecule has 0 saturated heterocycles. The Bertz CT molecular complexity index is 978. The number of hydrogen-bond acceptors (Lipinski definition) is 3. The van der Waals surface area contributed by atoms with Gasteiger partial charge in [-0.3, -0.25) is 4.90 Å². The fourth-order valence-electron chi connectivity index (χ4n) is 5.02. The van der Waals surface area contributed by atoms with Gasteiger partial charge in [0.2, 0.25) is 0 Å². The van der Waals surface area contributed by atoms with E-state index < -0.39 is 23.0 Å². The number of fused-ring (bicyclic) bond motifs is 3. The van der Waals surface area contributed by atoms with Gasteiger partial charge < -0.3 is 9.84 Å². The van der Waals surface area contributed by atoms with Gasteiger partial charge in [-0.2, -0.15) is 0 Å². The average Bonchev–Trinajstić information content (AvgIpc) is 3.67. The lowest BCUT2D eigenvalue weighted by molar-refractivity contribution is -0.154. The van der Waals surface area contributed by atoms with Gasteiger partial charge in [0.05, 0.1) is 0 Å². The Balaban J connectivity index is 1.41. The molecule has 5 nitrogen and oxygen atoms in total. The van der Waals surface area contributed by atoms with Crippen molar-refractivity contribution in [3.05, 3.63) is 59.7 Å². The Kier molecular flexibility index (Phi) is 4.21. The Morgan fingerprint density at radius 3 is 2.07 bits per heavy atom. The average molecular weight is 405 g/mol. The largest absolute Gasteiger partial charge is 0.479 e. The number of carboxylic acids is 1. The highest BCUT2D eigenvalue weighted by Crippen LogP contribution is 2.58. The number of carboxylic acid groups (broad SMARTS) is 1. The first-order valence-electron chi connectivity index (χ1n) is 10.7. The number of ether oxygens (including phenoxy) is 1. The summed E-state index contributed by atoms with van der Waals surface area (Å²) >= 11 is 0. The van der Waals surface area contributed by atoms with Gasteiger partial charge in [-0.05, 0) is 54.9 Å². The number of benzene rings is 2. The predicted octanol–water partition coefficient (Wildman–Crippen LogP) is 5.04. The first-order chi connectivity index (χ1) is 14.4. The van der Waals surface area contributed by atoms with E-state index in [0.29, 0.717) is 0 Å². The second-order valence-corrected chi connectivity index (χ2v) is 9.34. The maximum absolute atomic E-state index is 13.3. The van der Waals surface area contributed by atoms with Crippen LogP contribution >= 0.6 is 0 Å². The number of amides is 1. The van der Waals surface area contributed by atoms with Crippen LogP contribution in [0.2, 0.25) is 0 Å². The summed E-state index contributed by atoms with van der Waals surface area (Å²) in [5.41, 5.74) is 3.02. The first kappa shape index (κ1) is 19.2. The highest BCUT2D eigenvalue weighted by Gasteiger charge is 2.64. The molecule has 0 aromatic heterocycles. The zero-order valence-electron chi connectivity index (χ0n) is 17.4. The van der Waals surface area contributed by atoms with E-state index in [9.17, 15) is 14.7 Å². The van der Waals surface area contributed by atoms with Crippen molar-refractivity contribution in [2.24, 2.45) is 5.41 Å². The van der Waals surface area contributed by atoms with E-state index in [2.05, 4.69) is 24.3 Å². The van der Waals surface area contributed by atoms with E-state index >= 15 is 0 Å². The number of carbonyl (C=O) groups excluding carboxylic acids is 1. The summed E-state index contributed by atoms with van der Waals surface area (Å²) in [6.07, 6.45) is 2.80. The highest BCUT2D eigenvalue weighted by molar-refractivity contribution is 5.86. The number of rotatable bonds is 6. The number of aliphatic carboxylic acids is 1. The topological polar surface area (TPSA) is 66.8 Å². The molecule has 1 unspecified atom stereocenters. The van der Waals surface area contributed by atoms with Crippen LogP contribution in [0.4, 0.5) is 4.79 Å². The summed E-state index contributed by atoms with van der Waals surface area (Å²) in [5, 5.41) is 10.1. The Morgan fingerprint density at radius 1 is 1.07 bits per heavy atom. The van der Waals surface area contributed by atoms with Crippen molar-refractivity contribution in [1.82, 2.24) is 4.90 Å². The van der Waals surface area contributed by atoms with Gasteiger partial charge in [-0.15, -0.1) is 0 Å². The van der Waals surface area contributed by atoms with E-state index in [1.165, 1.54) is 16.0 Å². The molecule has 2 aromatic rings. The van der Waals surface area contributed by atoms with Crippen molar-refractivity contribution >= 4 is 12.1 Å². The van der Waals surface area contributed by atoms with Crippen LogP contribution < -0.4 is 0 Å². The summed E-state index contributed by atoms with van der Waals surface area (Å²) in [7, 11) is 0. The summed E-state index contributed by atoms with van der Waals surface area (Å²) in [5.74, 6) is -0.974. The molecule has 1 N–H and O–H groups in total. The minimum Gasteiger partial charge on any atom is -0.479 e. The minimum absolute atomic E-state index is 0.0324. The van der Waals surface area contributed by atoms with Crippen molar-refractivity contribution in [1.29, 1.82) is 0 Å². The van der Waals surface area contributed by atoms with E-state index in [-0.39, 0.29) is 18.6 Å². The van der Waals surface area contributed by atoms with Crippen LogP contribution in [0.3, 0.4) is 0 Å². The molecule has 1 atom stereocenters. The van der Waals surface area contributed by atoms with E-state index in [0.717, 1.165) is 36.8 Å². The molecule has 3 aliphatic carbocycles.